The molecule has 4 heteroatoms. The van der Waals surface area contributed by atoms with Crippen LogP contribution in [0.3, 0.4) is 0 Å². The first-order valence-corrected chi connectivity index (χ1v) is 7.41. The van der Waals surface area contributed by atoms with Crippen molar-refractivity contribution in [3.8, 4) is 0 Å². The second-order valence-corrected chi connectivity index (χ2v) is 5.64. The van der Waals surface area contributed by atoms with E-state index in [0.29, 0.717) is 25.5 Å². The maximum Gasteiger partial charge on any atom is 0.220 e. The lowest BCUT2D eigenvalue weighted by Gasteiger charge is -2.12. The maximum absolute atomic E-state index is 12.0. The third-order valence-corrected chi connectivity index (χ3v) is 4.09. The fourth-order valence-electron chi connectivity index (χ4n) is 2.82. The van der Waals surface area contributed by atoms with E-state index in [-0.39, 0.29) is 5.91 Å². The molecule has 0 spiro atoms. The molecule has 0 saturated carbocycles. The van der Waals surface area contributed by atoms with Crippen LogP contribution in [0.4, 0.5) is 0 Å². The molecule has 1 aromatic carbocycles. The number of hydrogen-bond donors (Lipinski definition) is 1. The number of aromatic nitrogens is 1. The van der Waals surface area contributed by atoms with Gasteiger partial charge in [-0.05, 0) is 42.5 Å². The lowest BCUT2D eigenvalue weighted by Crippen LogP contribution is -2.25. The molecule has 4 nitrogen and oxygen atoms in total. The van der Waals surface area contributed by atoms with Crippen molar-refractivity contribution in [1.82, 2.24) is 10.3 Å². The molecule has 1 aromatic heterocycles. The molecule has 2 heterocycles. The predicted octanol–water partition coefficient (Wildman–Crippen LogP) is 2.59. The van der Waals surface area contributed by atoms with Crippen LogP contribution >= 0.6 is 0 Å². The smallest absolute Gasteiger partial charge is 0.220 e. The number of ether oxygens (including phenoxy) is 1. The van der Waals surface area contributed by atoms with Crippen molar-refractivity contribution >= 4 is 16.8 Å². The molecule has 1 aliphatic rings. The zero-order chi connectivity index (χ0) is 14.7. The average molecular weight is 284 g/mol. The van der Waals surface area contributed by atoms with Crippen molar-refractivity contribution in [2.75, 3.05) is 13.2 Å². The molecule has 1 N–H and O–H groups in total. The molecule has 0 bridgehead atoms. The molecule has 2 aromatic rings. The molecular formula is C17H20N2O2. The Bertz CT molecular complexity index is 648. The van der Waals surface area contributed by atoms with E-state index in [1.54, 1.807) is 6.20 Å². The number of pyridine rings is 1. The molecule has 0 radical (unpaired) electrons. The molecule has 1 atom stereocenters. The van der Waals surface area contributed by atoms with Gasteiger partial charge in [0.2, 0.25) is 5.91 Å². The van der Waals surface area contributed by atoms with E-state index in [4.69, 9.17) is 4.74 Å². The quantitative estimate of drug-likeness (QED) is 0.939. The van der Waals surface area contributed by atoms with E-state index in [1.165, 1.54) is 5.56 Å². The number of nitrogens with one attached hydrogen (secondary N) is 1. The summed E-state index contributed by atoms with van der Waals surface area (Å²) < 4.78 is 5.31. The van der Waals surface area contributed by atoms with Crippen molar-refractivity contribution in [2.24, 2.45) is 5.92 Å². The second-order valence-electron chi connectivity index (χ2n) is 5.64. The normalized spacial score (nSPS) is 18.0. The number of carbonyl (C=O) groups is 1. The first-order valence-electron chi connectivity index (χ1n) is 7.41. The third kappa shape index (κ3) is 3.22. The molecule has 21 heavy (non-hydrogen) atoms. The van der Waals surface area contributed by atoms with Gasteiger partial charge in [0.15, 0.2) is 0 Å². The van der Waals surface area contributed by atoms with Gasteiger partial charge in [0.25, 0.3) is 0 Å². The van der Waals surface area contributed by atoms with Gasteiger partial charge in [-0.25, -0.2) is 0 Å². The van der Waals surface area contributed by atoms with Crippen LogP contribution in [-0.4, -0.2) is 24.1 Å². The van der Waals surface area contributed by atoms with E-state index in [2.05, 4.69) is 29.4 Å². The lowest BCUT2D eigenvalue weighted by atomic mass is 10.0. The van der Waals surface area contributed by atoms with Crippen molar-refractivity contribution in [3.63, 3.8) is 0 Å². The van der Waals surface area contributed by atoms with Crippen LogP contribution in [0.15, 0.2) is 30.5 Å². The highest BCUT2D eigenvalue weighted by molar-refractivity contribution is 5.84. The highest BCUT2D eigenvalue weighted by atomic mass is 16.5. The van der Waals surface area contributed by atoms with Gasteiger partial charge >= 0.3 is 0 Å². The Morgan fingerprint density at radius 2 is 2.33 bits per heavy atom. The number of amides is 1. The Labute approximate surface area is 124 Å². The van der Waals surface area contributed by atoms with E-state index in [0.717, 1.165) is 29.5 Å². The van der Waals surface area contributed by atoms with Crippen LogP contribution in [0, 0.1) is 12.8 Å². The monoisotopic (exact) mass is 284 g/mol. The Kier molecular flexibility index (Phi) is 4.15. The number of rotatable bonds is 4. The zero-order valence-corrected chi connectivity index (χ0v) is 12.3. The van der Waals surface area contributed by atoms with Gasteiger partial charge in [0, 0.05) is 37.8 Å². The standard InChI is InChI=1S/C17H20N2O2/c1-12-4-5-16-14(3-2-7-18-16)15(12)10-19-17(20)9-13-6-8-21-11-13/h2-5,7,13H,6,8-11H2,1H3,(H,19,20). The Hall–Kier alpha value is -1.94. The summed E-state index contributed by atoms with van der Waals surface area (Å²) in [4.78, 5) is 16.4. The Morgan fingerprint density at radius 1 is 1.43 bits per heavy atom. The SMILES string of the molecule is Cc1ccc2ncccc2c1CNC(=O)CC1CCOC1. The van der Waals surface area contributed by atoms with E-state index in [9.17, 15) is 4.79 Å². The first-order chi connectivity index (χ1) is 10.2. The molecule has 1 saturated heterocycles. The summed E-state index contributed by atoms with van der Waals surface area (Å²) in [5.74, 6) is 0.478. The number of aryl methyl sites for hydroxylation is 1. The summed E-state index contributed by atoms with van der Waals surface area (Å²) in [5, 5.41) is 4.15. The van der Waals surface area contributed by atoms with Crippen LogP contribution in [0.1, 0.15) is 24.0 Å². The molecule has 3 rings (SSSR count). The second kappa shape index (κ2) is 6.22. The summed E-state index contributed by atoms with van der Waals surface area (Å²) in [7, 11) is 0. The number of carbonyl (C=O) groups excluding carboxylic acids is 1. The Balaban J connectivity index is 1.69. The van der Waals surface area contributed by atoms with Gasteiger partial charge in [-0.3, -0.25) is 9.78 Å². The largest absolute Gasteiger partial charge is 0.381 e. The van der Waals surface area contributed by atoms with E-state index in [1.807, 2.05) is 12.1 Å². The summed E-state index contributed by atoms with van der Waals surface area (Å²) in [5.41, 5.74) is 3.30. The van der Waals surface area contributed by atoms with Gasteiger partial charge in [-0.1, -0.05) is 12.1 Å². The lowest BCUT2D eigenvalue weighted by molar-refractivity contribution is -0.122. The zero-order valence-electron chi connectivity index (χ0n) is 12.3. The van der Waals surface area contributed by atoms with Crippen LogP contribution < -0.4 is 5.32 Å². The van der Waals surface area contributed by atoms with Gasteiger partial charge in [0.1, 0.15) is 0 Å². The molecule has 1 aliphatic heterocycles. The van der Waals surface area contributed by atoms with Crippen LogP contribution in [0.25, 0.3) is 10.9 Å². The highest BCUT2D eigenvalue weighted by Crippen LogP contribution is 2.21. The number of hydrogen-bond acceptors (Lipinski definition) is 3. The van der Waals surface area contributed by atoms with Crippen LogP contribution in [0.2, 0.25) is 0 Å². The predicted molar refractivity (Wildman–Crippen MR) is 81.9 cm³/mol. The van der Waals surface area contributed by atoms with E-state index >= 15 is 0 Å². The summed E-state index contributed by atoms with van der Waals surface area (Å²) >= 11 is 0. The highest BCUT2D eigenvalue weighted by Gasteiger charge is 2.19. The van der Waals surface area contributed by atoms with Gasteiger partial charge < -0.3 is 10.1 Å². The van der Waals surface area contributed by atoms with Crippen LogP contribution in [-0.2, 0) is 16.1 Å². The third-order valence-electron chi connectivity index (χ3n) is 4.09. The van der Waals surface area contributed by atoms with Gasteiger partial charge in [-0.2, -0.15) is 0 Å². The van der Waals surface area contributed by atoms with Crippen molar-refractivity contribution in [1.29, 1.82) is 0 Å². The fourth-order valence-corrected chi connectivity index (χ4v) is 2.82. The molecule has 1 fully saturated rings. The summed E-state index contributed by atoms with van der Waals surface area (Å²) in [6.45, 7) is 4.12. The molecular weight excluding hydrogens is 264 g/mol. The van der Waals surface area contributed by atoms with Crippen LogP contribution in [0.5, 0.6) is 0 Å². The summed E-state index contributed by atoms with van der Waals surface area (Å²) in [6.07, 6.45) is 3.34. The fraction of sp³-hybridized carbons (Fsp3) is 0.412. The maximum atomic E-state index is 12.0. The number of fused-ring (bicyclic) bond motifs is 1. The molecule has 1 unspecified atom stereocenters. The van der Waals surface area contributed by atoms with Gasteiger partial charge in [-0.15, -0.1) is 0 Å². The van der Waals surface area contributed by atoms with E-state index < -0.39 is 0 Å². The topological polar surface area (TPSA) is 51.2 Å². The number of nitrogens with zero attached hydrogens (tertiary/aromatic N) is 1. The minimum atomic E-state index is 0.103. The summed E-state index contributed by atoms with van der Waals surface area (Å²) in [6, 6.07) is 8.07. The number of benzene rings is 1. The van der Waals surface area contributed by atoms with Crippen molar-refractivity contribution in [2.45, 2.75) is 26.3 Å². The van der Waals surface area contributed by atoms with Crippen molar-refractivity contribution < 1.29 is 9.53 Å². The average Bonchev–Trinajstić information content (AvgIpc) is 2.99. The molecule has 0 aliphatic carbocycles. The molecule has 110 valence electrons. The minimum Gasteiger partial charge on any atom is -0.381 e. The molecule has 1 amide bonds. The first kappa shape index (κ1) is 14.0. The minimum absolute atomic E-state index is 0.103. The van der Waals surface area contributed by atoms with Crippen molar-refractivity contribution in [3.05, 3.63) is 41.6 Å². The van der Waals surface area contributed by atoms with Gasteiger partial charge in [0.05, 0.1) is 5.52 Å². The Morgan fingerprint density at radius 3 is 3.14 bits per heavy atom.